The number of hydrogen-bond acceptors (Lipinski definition) is 4. The van der Waals surface area contributed by atoms with Gasteiger partial charge in [-0.05, 0) is 62.1 Å². The first kappa shape index (κ1) is 19.9. The average molecular weight is 365 g/mol. The Morgan fingerprint density at radius 1 is 1.32 bits per heavy atom. The van der Waals surface area contributed by atoms with Crippen LogP contribution in [0.2, 0.25) is 0 Å². The third-order valence-corrected chi connectivity index (χ3v) is 5.26. The van der Waals surface area contributed by atoms with Crippen LogP contribution in [0.15, 0.2) is 29.3 Å². The zero-order valence-electron chi connectivity index (χ0n) is 15.8. The zero-order chi connectivity index (χ0) is 17.9. The van der Waals surface area contributed by atoms with Gasteiger partial charge in [-0.25, -0.2) is 0 Å². The standard InChI is InChI=1S/C19H32N4OS/c1-20-19(21-10-7-13-25-3)22-15-18(23-11-4-5-12-23)16-8-6-9-17(14-16)24-2/h6,8-9,14,18H,4-5,7,10-13,15H2,1-3H3,(H2,20,21,22). The van der Waals surface area contributed by atoms with Crippen LogP contribution in [-0.2, 0) is 0 Å². The van der Waals surface area contributed by atoms with Crippen LogP contribution >= 0.6 is 11.8 Å². The Labute approximate surface area is 156 Å². The topological polar surface area (TPSA) is 48.9 Å². The van der Waals surface area contributed by atoms with Crippen LogP contribution in [0.4, 0.5) is 0 Å². The molecule has 1 aliphatic heterocycles. The van der Waals surface area contributed by atoms with Crippen molar-refractivity contribution in [1.29, 1.82) is 0 Å². The maximum Gasteiger partial charge on any atom is 0.191 e. The molecule has 1 aromatic carbocycles. The SMILES string of the molecule is CN=C(NCCCSC)NCC(c1cccc(OC)c1)N1CCCC1. The molecule has 6 heteroatoms. The third-order valence-electron chi connectivity index (χ3n) is 4.56. The monoisotopic (exact) mass is 364 g/mol. The van der Waals surface area contributed by atoms with Crippen molar-refractivity contribution in [2.24, 2.45) is 4.99 Å². The first-order chi connectivity index (χ1) is 12.3. The Bertz CT molecular complexity index is 532. The van der Waals surface area contributed by atoms with Crippen LogP contribution < -0.4 is 15.4 Å². The molecule has 1 aliphatic rings. The number of hydrogen-bond donors (Lipinski definition) is 2. The van der Waals surface area contributed by atoms with Crippen molar-refractivity contribution < 1.29 is 4.74 Å². The number of guanidine groups is 1. The molecule has 0 aliphatic carbocycles. The number of likely N-dealkylation sites (tertiary alicyclic amines) is 1. The van der Waals surface area contributed by atoms with E-state index in [1.165, 1.54) is 24.2 Å². The molecular formula is C19H32N4OS. The number of methoxy groups -OCH3 is 1. The van der Waals surface area contributed by atoms with E-state index < -0.39 is 0 Å². The molecule has 1 heterocycles. The van der Waals surface area contributed by atoms with Crippen LogP contribution in [0, 0.1) is 0 Å². The summed E-state index contributed by atoms with van der Waals surface area (Å²) < 4.78 is 5.41. The number of rotatable bonds is 9. The van der Waals surface area contributed by atoms with Gasteiger partial charge in [-0.15, -0.1) is 0 Å². The minimum atomic E-state index is 0.336. The second-order valence-electron chi connectivity index (χ2n) is 6.26. The number of thioether (sulfide) groups is 1. The van der Waals surface area contributed by atoms with Gasteiger partial charge in [0.25, 0.3) is 0 Å². The van der Waals surface area contributed by atoms with Crippen LogP contribution in [0.25, 0.3) is 0 Å². The zero-order valence-corrected chi connectivity index (χ0v) is 16.6. The molecule has 1 aromatic rings. The smallest absolute Gasteiger partial charge is 0.191 e. The van der Waals surface area contributed by atoms with Crippen molar-refractivity contribution in [3.05, 3.63) is 29.8 Å². The van der Waals surface area contributed by atoms with E-state index in [0.29, 0.717) is 6.04 Å². The van der Waals surface area contributed by atoms with Gasteiger partial charge >= 0.3 is 0 Å². The van der Waals surface area contributed by atoms with Gasteiger partial charge < -0.3 is 15.4 Å². The predicted octanol–water partition coefficient (Wildman–Crippen LogP) is 2.75. The molecule has 0 radical (unpaired) electrons. The predicted molar refractivity (Wildman–Crippen MR) is 109 cm³/mol. The number of nitrogens with zero attached hydrogens (tertiary/aromatic N) is 2. The third kappa shape index (κ3) is 6.44. The van der Waals surface area contributed by atoms with Crippen molar-refractivity contribution in [2.45, 2.75) is 25.3 Å². The van der Waals surface area contributed by atoms with Gasteiger partial charge in [-0.1, -0.05) is 12.1 Å². The van der Waals surface area contributed by atoms with Crippen molar-refractivity contribution >= 4 is 17.7 Å². The molecule has 140 valence electrons. The average Bonchev–Trinajstić information content (AvgIpc) is 3.18. The Morgan fingerprint density at radius 2 is 2.12 bits per heavy atom. The summed E-state index contributed by atoms with van der Waals surface area (Å²) in [4.78, 5) is 6.91. The van der Waals surface area contributed by atoms with E-state index >= 15 is 0 Å². The van der Waals surface area contributed by atoms with Gasteiger partial charge in [-0.2, -0.15) is 11.8 Å². The van der Waals surface area contributed by atoms with E-state index in [4.69, 9.17) is 4.74 Å². The van der Waals surface area contributed by atoms with Gasteiger partial charge in [0.05, 0.1) is 13.2 Å². The molecule has 0 spiro atoms. The lowest BCUT2D eigenvalue weighted by atomic mass is 10.1. The number of nitrogens with one attached hydrogen (secondary N) is 2. The molecular weight excluding hydrogens is 332 g/mol. The van der Waals surface area contributed by atoms with Crippen molar-refractivity contribution in [2.75, 3.05) is 52.3 Å². The van der Waals surface area contributed by atoms with Crippen molar-refractivity contribution in [3.8, 4) is 5.75 Å². The summed E-state index contributed by atoms with van der Waals surface area (Å²) in [5, 5.41) is 6.92. The Kier molecular flexibility index (Phi) is 8.97. The normalized spacial score (nSPS) is 16.7. The van der Waals surface area contributed by atoms with E-state index in [2.05, 4.69) is 45.0 Å². The molecule has 1 atom stereocenters. The minimum Gasteiger partial charge on any atom is -0.497 e. The number of ether oxygens (including phenoxy) is 1. The molecule has 2 rings (SSSR count). The van der Waals surface area contributed by atoms with E-state index in [1.54, 1.807) is 7.11 Å². The van der Waals surface area contributed by atoms with Crippen molar-refractivity contribution in [1.82, 2.24) is 15.5 Å². The molecule has 0 aromatic heterocycles. The molecule has 0 bridgehead atoms. The highest BCUT2D eigenvalue weighted by molar-refractivity contribution is 7.98. The highest BCUT2D eigenvalue weighted by Gasteiger charge is 2.24. The molecule has 1 fully saturated rings. The lowest BCUT2D eigenvalue weighted by Crippen LogP contribution is -2.43. The van der Waals surface area contributed by atoms with Crippen LogP contribution in [-0.4, -0.2) is 63.2 Å². The highest BCUT2D eigenvalue weighted by atomic mass is 32.2. The largest absolute Gasteiger partial charge is 0.497 e. The van der Waals surface area contributed by atoms with Gasteiger partial charge in [-0.3, -0.25) is 9.89 Å². The van der Waals surface area contributed by atoms with Gasteiger partial charge in [0.15, 0.2) is 5.96 Å². The second kappa shape index (κ2) is 11.3. The molecule has 5 nitrogen and oxygen atoms in total. The summed E-state index contributed by atoms with van der Waals surface area (Å²) in [7, 11) is 3.56. The molecule has 0 saturated carbocycles. The minimum absolute atomic E-state index is 0.336. The van der Waals surface area contributed by atoms with Gasteiger partial charge in [0, 0.05) is 20.1 Å². The molecule has 0 amide bonds. The summed E-state index contributed by atoms with van der Waals surface area (Å²) >= 11 is 1.88. The second-order valence-corrected chi connectivity index (χ2v) is 7.25. The Hall–Kier alpha value is -1.40. The summed E-state index contributed by atoms with van der Waals surface area (Å²) in [6.45, 7) is 4.11. The highest BCUT2D eigenvalue weighted by Crippen LogP contribution is 2.27. The number of benzene rings is 1. The molecule has 25 heavy (non-hydrogen) atoms. The lowest BCUT2D eigenvalue weighted by molar-refractivity contribution is 0.245. The fraction of sp³-hybridized carbons (Fsp3) is 0.632. The molecule has 2 N–H and O–H groups in total. The fourth-order valence-corrected chi connectivity index (χ4v) is 3.63. The summed E-state index contributed by atoms with van der Waals surface area (Å²) in [5.41, 5.74) is 1.30. The fourth-order valence-electron chi connectivity index (χ4n) is 3.20. The summed E-state index contributed by atoms with van der Waals surface area (Å²) in [6.07, 6.45) is 5.85. The summed E-state index contributed by atoms with van der Waals surface area (Å²) in [6, 6.07) is 8.76. The van der Waals surface area contributed by atoms with Gasteiger partial charge in [0.1, 0.15) is 5.75 Å². The van der Waals surface area contributed by atoms with E-state index in [-0.39, 0.29) is 0 Å². The van der Waals surface area contributed by atoms with Crippen LogP contribution in [0.5, 0.6) is 5.75 Å². The molecule has 1 unspecified atom stereocenters. The Morgan fingerprint density at radius 3 is 2.80 bits per heavy atom. The quantitative estimate of drug-likeness (QED) is 0.401. The van der Waals surface area contributed by atoms with E-state index in [9.17, 15) is 0 Å². The maximum atomic E-state index is 5.41. The maximum absolute atomic E-state index is 5.41. The van der Waals surface area contributed by atoms with E-state index in [0.717, 1.165) is 44.3 Å². The number of aliphatic imine (C=N–C) groups is 1. The van der Waals surface area contributed by atoms with Gasteiger partial charge in [0.2, 0.25) is 0 Å². The first-order valence-electron chi connectivity index (χ1n) is 9.10. The first-order valence-corrected chi connectivity index (χ1v) is 10.5. The lowest BCUT2D eigenvalue weighted by Gasteiger charge is -2.29. The van der Waals surface area contributed by atoms with Crippen LogP contribution in [0.1, 0.15) is 30.9 Å². The molecule has 1 saturated heterocycles. The van der Waals surface area contributed by atoms with Crippen LogP contribution in [0.3, 0.4) is 0 Å². The summed E-state index contributed by atoms with van der Waals surface area (Å²) in [5.74, 6) is 2.97. The van der Waals surface area contributed by atoms with E-state index in [1.807, 2.05) is 24.9 Å². The van der Waals surface area contributed by atoms with Crippen molar-refractivity contribution in [3.63, 3.8) is 0 Å². The Balaban J connectivity index is 1.98.